The summed E-state index contributed by atoms with van der Waals surface area (Å²) in [5.74, 6) is 0. The van der Waals surface area contributed by atoms with Gasteiger partial charge in [-0.05, 0) is 25.1 Å². The van der Waals surface area contributed by atoms with Gasteiger partial charge in [0.15, 0.2) is 0 Å². The second kappa shape index (κ2) is 3.08. The molecule has 2 rings (SSSR count). The zero-order valence-corrected chi connectivity index (χ0v) is 8.01. The number of hydrogen-bond donors (Lipinski definition) is 2. The second-order valence-electron chi connectivity index (χ2n) is 3.65. The molecule has 0 fully saturated rings. The zero-order chi connectivity index (χ0) is 10.2. The van der Waals surface area contributed by atoms with Crippen LogP contribution in [-0.4, -0.2) is 21.3 Å². The normalized spacial score (nSPS) is 15.6. The van der Waals surface area contributed by atoms with Gasteiger partial charge in [0.25, 0.3) is 0 Å². The van der Waals surface area contributed by atoms with Crippen LogP contribution in [0.25, 0.3) is 5.52 Å². The van der Waals surface area contributed by atoms with Gasteiger partial charge in [-0.2, -0.15) is 5.10 Å². The van der Waals surface area contributed by atoms with E-state index in [9.17, 15) is 5.11 Å². The van der Waals surface area contributed by atoms with E-state index in [1.165, 1.54) is 0 Å². The predicted octanol–water partition coefficient (Wildman–Crippen LogP) is 0.500. The largest absolute Gasteiger partial charge is 0.394 e. The van der Waals surface area contributed by atoms with Crippen molar-refractivity contribution in [3.05, 3.63) is 36.2 Å². The number of rotatable bonds is 2. The van der Waals surface area contributed by atoms with Crippen LogP contribution in [0.5, 0.6) is 0 Å². The number of aromatic nitrogens is 2. The summed E-state index contributed by atoms with van der Waals surface area (Å²) in [6.45, 7) is 1.68. The lowest BCUT2D eigenvalue weighted by Gasteiger charge is -2.22. The highest BCUT2D eigenvalue weighted by Gasteiger charge is 2.22. The highest BCUT2D eigenvalue weighted by molar-refractivity contribution is 5.47. The Morgan fingerprint density at radius 1 is 1.50 bits per heavy atom. The number of aliphatic hydroxyl groups excluding tert-OH is 1. The van der Waals surface area contributed by atoms with Crippen molar-refractivity contribution in [2.75, 3.05) is 6.61 Å². The summed E-state index contributed by atoms with van der Waals surface area (Å²) in [5, 5.41) is 13.3. The van der Waals surface area contributed by atoms with Crippen molar-refractivity contribution < 1.29 is 5.11 Å². The highest BCUT2D eigenvalue weighted by atomic mass is 16.3. The SMILES string of the molecule is CC(N)(CO)c1cccc2ccnn12. The maximum absolute atomic E-state index is 9.18. The lowest BCUT2D eigenvalue weighted by Crippen LogP contribution is -2.38. The Kier molecular flexibility index (Phi) is 2.02. The van der Waals surface area contributed by atoms with E-state index in [1.54, 1.807) is 17.6 Å². The summed E-state index contributed by atoms with van der Waals surface area (Å²) >= 11 is 0. The standard InChI is InChI=1S/C10H13N3O/c1-10(11,7-14)9-4-2-3-8-5-6-12-13(8)9/h2-6,14H,7,11H2,1H3. The molecule has 0 aliphatic carbocycles. The summed E-state index contributed by atoms with van der Waals surface area (Å²) in [7, 11) is 0. The third-order valence-electron chi connectivity index (χ3n) is 2.33. The van der Waals surface area contributed by atoms with Crippen LogP contribution in [0.2, 0.25) is 0 Å². The molecule has 4 nitrogen and oxygen atoms in total. The van der Waals surface area contributed by atoms with Crippen LogP contribution in [-0.2, 0) is 5.54 Å². The van der Waals surface area contributed by atoms with Crippen LogP contribution in [0.15, 0.2) is 30.5 Å². The van der Waals surface area contributed by atoms with Gasteiger partial charge in [0.1, 0.15) is 0 Å². The van der Waals surface area contributed by atoms with E-state index in [4.69, 9.17) is 5.73 Å². The Morgan fingerprint density at radius 3 is 3.00 bits per heavy atom. The van der Waals surface area contributed by atoms with Gasteiger partial charge in [-0.3, -0.25) is 0 Å². The zero-order valence-electron chi connectivity index (χ0n) is 8.01. The number of pyridine rings is 1. The Labute approximate surface area is 82.0 Å². The second-order valence-corrected chi connectivity index (χ2v) is 3.65. The maximum Gasteiger partial charge on any atom is 0.0789 e. The molecule has 1 unspecified atom stereocenters. The van der Waals surface area contributed by atoms with E-state index in [-0.39, 0.29) is 6.61 Å². The third kappa shape index (κ3) is 1.29. The van der Waals surface area contributed by atoms with Gasteiger partial charge in [0, 0.05) is 6.20 Å². The Balaban J connectivity index is 2.67. The number of fused-ring (bicyclic) bond motifs is 1. The highest BCUT2D eigenvalue weighted by Crippen LogP contribution is 2.17. The molecule has 2 heterocycles. The summed E-state index contributed by atoms with van der Waals surface area (Å²) in [5.41, 5.74) is 6.98. The van der Waals surface area contributed by atoms with Crippen molar-refractivity contribution >= 4 is 5.52 Å². The van der Waals surface area contributed by atoms with Crippen LogP contribution in [0.4, 0.5) is 0 Å². The van der Waals surface area contributed by atoms with Crippen molar-refractivity contribution in [2.45, 2.75) is 12.5 Å². The van der Waals surface area contributed by atoms with Gasteiger partial charge in [-0.15, -0.1) is 0 Å². The quantitative estimate of drug-likeness (QED) is 0.726. The van der Waals surface area contributed by atoms with Crippen molar-refractivity contribution in [1.82, 2.24) is 9.61 Å². The fourth-order valence-electron chi connectivity index (χ4n) is 1.46. The minimum Gasteiger partial charge on any atom is -0.394 e. The maximum atomic E-state index is 9.18. The topological polar surface area (TPSA) is 63.5 Å². The van der Waals surface area contributed by atoms with Crippen LogP contribution < -0.4 is 5.73 Å². The summed E-state index contributed by atoms with van der Waals surface area (Å²) in [6, 6.07) is 7.63. The molecule has 4 heteroatoms. The molecule has 2 aromatic heterocycles. The van der Waals surface area contributed by atoms with Crippen LogP contribution in [0, 0.1) is 0 Å². The van der Waals surface area contributed by atoms with E-state index in [1.807, 2.05) is 24.3 Å². The lowest BCUT2D eigenvalue weighted by molar-refractivity contribution is 0.205. The molecule has 74 valence electrons. The predicted molar refractivity (Wildman–Crippen MR) is 53.8 cm³/mol. The molecule has 0 aliphatic rings. The fraction of sp³-hybridized carbons (Fsp3) is 0.300. The van der Waals surface area contributed by atoms with Gasteiger partial charge in [-0.1, -0.05) is 6.07 Å². The van der Waals surface area contributed by atoms with Gasteiger partial charge in [0.2, 0.25) is 0 Å². The average Bonchev–Trinajstić information content (AvgIpc) is 2.64. The molecule has 0 radical (unpaired) electrons. The first-order chi connectivity index (χ1) is 6.65. The van der Waals surface area contributed by atoms with Crippen molar-refractivity contribution in [3.63, 3.8) is 0 Å². The molecular weight excluding hydrogens is 178 g/mol. The Hall–Kier alpha value is -1.39. The van der Waals surface area contributed by atoms with Gasteiger partial charge in [-0.25, -0.2) is 4.52 Å². The number of hydrogen-bond acceptors (Lipinski definition) is 3. The van der Waals surface area contributed by atoms with Gasteiger partial charge in [0.05, 0.1) is 23.4 Å². The fourth-order valence-corrected chi connectivity index (χ4v) is 1.46. The molecule has 14 heavy (non-hydrogen) atoms. The molecule has 0 saturated heterocycles. The van der Waals surface area contributed by atoms with Crippen LogP contribution >= 0.6 is 0 Å². The van der Waals surface area contributed by atoms with E-state index >= 15 is 0 Å². The molecular formula is C10H13N3O. The van der Waals surface area contributed by atoms with E-state index in [2.05, 4.69) is 5.10 Å². The molecule has 0 aromatic carbocycles. The van der Waals surface area contributed by atoms with Crippen molar-refractivity contribution in [2.24, 2.45) is 5.73 Å². The first-order valence-corrected chi connectivity index (χ1v) is 4.48. The summed E-state index contributed by atoms with van der Waals surface area (Å²) < 4.78 is 1.75. The minimum atomic E-state index is -0.758. The molecule has 0 spiro atoms. The van der Waals surface area contributed by atoms with E-state index < -0.39 is 5.54 Å². The smallest absolute Gasteiger partial charge is 0.0789 e. The minimum absolute atomic E-state index is 0.105. The molecule has 2 aromatic rings. The average molecular weight is 191 g/mol. The van der Waals surface area contributed by atoms with Crippen LogP contribution in [0.3, 0.4) is 0 Å². The Bertz CT molecular complexity index is 447. The van der Waals surface area contributed by atoms with Crippen LogP contribution in [0.1, 0.15) is 12.6 Å². The van der Waals surface area contributed by atoms with Gasteiger partial charge >= 0.3 is 0 Å². The van der Waals surface area contributed by atoms with Crippen molar-refractivity contribution in [3.8, 4) is 0 Å². The molecule has 0 bridgehead atoms. The monoisotopic (exact) mass is 191 g/mol. The number of nitrogens with two attached hydrogens (primary N) is 1. The molecule has 3 N–H and O–H groups in total. The first kappa shape index (κ1) is 9.18. The molecule has 0 saturated carbocycles. The molecule has 0 aliphatic heterocycles. The summed E-state index contributed by atoms with van der Waals surface area (Å²) in [4.78, 5) is 0. The number of aliphatic hydroxyl groups is 1. The number of nitrogens with zero attached hydrogens (tertiary/aromatic N) is 2. The molecule has 0 amide bonds. The third-order valence-corrected chi connectivity index (χ3v) is 2.33. The van der Waals surface area contributed by atoms with Gasteiger partial charge < -0.3 is 10.8 Å². The van der Waals surface area contributed by atoms with E-state index in [0.717, 1.165) is 11.2 Å². The summed E-state index contributed by atoms with van der Waals surface area (Å²) in [6.07, 6.45) is 1.71. The first-order valence-electron chi connectivity index (χ1n) is 4.48. The lowest BCUT2D eigenvalue weighted by atomic mass is 10.00. The van der Waals surface area contributed by atoms with Crippen molar-refractivity contribution in [1.29, 1.82) is 0 Å². The van der Waals surface area contributed by atoms with E-state index in [0.29, 0.717) is 0 Å². The molecule has 1 atom stereocenters. The Morgan fingerprint density at radius 2 is 2.29 bits per heavy atom.